The number of H-pyrrole nitrogens is 1. The number of aromatic nitrogens is 1. The van der Waals surface area contributed by atoms with Gasteiger partial charge >= 0.3 is 0 Å². The molecule has 1 aliphatic heterocycles. The first-order valence-electron chi connectivity index (χ1n) is 24.6. The second-order valence-corrected chi connectivity index (χ2v) is 18.5. The zero-order valence-corrected chi connectivity index (χ0v) is 42.0. The van der Waals surface area contributed by atoms with Crippen molar-refractivity contribution in [3.8, 4) is 0 Å². The van der Waals surface area contributed by atoms with E-state index in [1.807, 2.05) is 24.3 Å². The van der Waals surface area contributed by atoms with Crippen molar-refractivity contribution in [2.45, 2.75) is 127 Å². The van der Waals surface area contributed by atoms with E-state index < -0.39 is 108 Å². The number of carbonyl (C=O) groups excluding carboxylic acids is 9. The number of hydrogen-bond acceptors (Lipinski definition) is 11. The molecule has 402 valence electrons. The van der Waals surface area contributed by atoms with Gasteiger partial charge in [-0.05, 0) is 68.1 Å². The quantitative estimate of drug-likeness (QED) is 0.0386. The first-order valence-corrected chi connectivity index (χ1v) is 24.6. The molecule has 25 heteroatoms. The molecule has 1 aliphatic rings. The normalized spacial score (nSPS) is 21.3. The van der Waals surface area contributed by atoms with Crippen molar-refractivity contribution >= 4 is 76.0 Å². The highest BCUT2D eigenvalue weighted by Crippen LogP contribution is 2.20. The second kappa shape index (κ2) is 29.3. The fourth-order valence-electron chi connectivity index (χ4n) is 8.22. The average Bonchev–Trinajstić information content (AvgIpc) is 3.75. The van der Waals surface area contributed by atoms with Crippen LogP contribution in [-0.2, 0) is 56.0 Å². The summed E-state index contributed by atoms with van der Waals surface area (Å²) in [6.07, 6.45) is 1.92. The van der Waals surface area contributed by atoms with Gasteiger partial charge in [0, 0.05) is 56.5 Å². The zero-order chi connectivity index (χ0) is 54.3. The third kappa shape index (κ3) is 19.4. The number of aromatic amines is 1. The van der Waals surface area contributed by atoms with Crippen molar-refractivity contribution in [3.05, 3.63) is 71.9 Å². The Kier molecular flexibility index (Phi) is 23.1. The molecule has 0 radical (unpaired) electrons. The molecule has 2 unspecified atom stereocenters. The number of nitrogens with two attached hydrogens (primary N) is 3. The van der Waals surface area contributed by atoms with Crippen LogP contribution >= 0.6 is 0 Å². The van der Waals surface area contributed by atoms with Crippen LogP contribution in [-0.4, -0.2) is 132 Å². The smallest absolute Gasteiger partial charge is 0.243 e. The number of amides is 9. The summed E-state index contributed by atoms with van der Waals surface area (Å²) in [6, 6.07) is 6.58. The lowest BCUT2D eigenvalue weighted by atomic mass is 9.99. The van der Waals surface area contributed by atoms with Crippen LogP contribution in [0.4, 0.5) is 0 Å². The van der Waals surface area contributed by atoms with E-state index in [9.17, 15) is 43.2 Å². The van der Waals surface area contributed by atoms with Gasteiger partial charge < -0.3 is 75.4 Å². The maximum atomic E-state index is 14.6. The van der Waals surface area contributed by atoms with Gasteiger partial charge in [-0.25, -0.2) is 0 Å². The Balaban J connectivity index is 1.75. The Hall–Kier alpha value is -8.25. The standard InChI is InChI=1S/C49H72N16O9/c1-27(2)40-47(74)64-36(23-29-13-5-4-6-14-29)44(71)61-35(19-12-22-57-49(53)54)43(70)62-37(24-30-26-58-32-16-8-7-15-31(30)32)45(72)60-33(41(50)68)17-9-10-20-55-39(67)25-38(46(73)65-40)63-42(69)34(59-28(3)66)18-11-21-56-48(51)52/h4-8,13-16,26-27,33-38,40,58H,9-12,17-25H2,1-3H3,(H2,50,68)(H,55,67)(H,59,66)(H,60,72)(H,61,71)(H,62,70)(H,63,69)(H,64,74)(H,65,73)(H4,51,52,56)(H4,53,54,57)/t33?,34-,35-,36+,37-,38-,40?/m0/s1. The Morgan fingerprint density at radius 1 is 0.716 bits per heavy atom. The molecule has 74 heavy (non-hydrogen) atoms. The number of hydrogen-bond donors (Lipinski definition) is 16. The van der Waals surface area contributed by atoms with Crippen molar-refractivity contribution in [2.24, 2.45) is 23.1 Å². The van der Waals surface area contributed by atoms with Gasteiger partial charge in [-0.2, -0.15) is 0 Å². The third-order valence-electron chi connectivity index (χ3n) is 12.1. The number of primary amides is 1. The number of fused-ring (bicyclic) bond motifs is 1. The zero-order valence-electron chi connectivity index (χ0n) is 42.0. The summed E-state index contributed by atoms with van der Waals surface area (Å²) < 4.78 is 0. The Labute approximate surface area is 428 Å². The predicted molar refractivity (Wildman–Crippen MR) is 275 cm³/mol. The van der Waals surface area contributed by atoms with Gasteiger partial charge in [-0.1, -0.05) is 62.4 Å². The predicted octanol–water partition coefficient (Wildman–Crippen LogP) is -2.28. The maximum absolute atomic E-state index is 14.6. The summed E-state index contributed by atoms with van der Waals surface area (Å²) in [5.41, 5.74) is 18.7. The Morgan fingerprint density at radius 3 is 1.99 bits per heavy atom. The van der Waals surface area contributed by atoms with E-state index in [4.69, 9.17) is 28.0 Å². The molecule has 2 aromatic carbocycles. The number of guanidine groups is 2. The Bertz CT molecular complexity index is 2470. The minimum atomic E-state index is -1.60. The van der Waals surface area contributed by atoms with Gasteiger partial charge in [0.25, 0.3) is 0 Å². The van der Waals surface area contributed by atoms with Crippen molar-refractivity contribution in [3.63, 3.8) is 0 Å². The van der Waals surface area contributed by atoms with E-state index in [1.54, 1.807) is 50.4 Å². The first-order chi connectivity index (χ1) is 35.2. The molecule has 4 rings (SSSR count). The van der Waals surface area contributed by atoms with Gasteiger partial charge in [-0.15, -0.1) is 0 Å². The lowest BCUT2D eigenvalue weighted by Gasteiger charge is -2.29. The minimum Gasteiger partial charge on any atom is -0.370 e. The van der Waals surface area contributed by atoms with Crippen LogP contribution in [0.2, 0.25) is 0 Å². The monoisotopic (exact) mass is 1030 g/mol. The summed E-state index contributed by atoms with van der Waals surface area (Å²) in [5, 5.41) is 42.4. The SMILES string of the molecule is CC(=O)N[C@@H](CCCNC(=N)N)C(=O)N[C@H]1CC(=O)NCCCCC(C(N)=O)NC(=O)[C@H](Cc2c[nH]c3ccccc23)NC(=O)[C@H](CCCNC(=N)N)NC(=O)[C@@H](Cc2ccccc2)NC(=O)C(C(C)C)NC1=O. The fraction of sp³-hybridized carbons (Fsp3) is 0.490. The van der Waals surface area contributed by atoms with Crippen LogP contribution < -0.4 is 70.4 Å². The molecule has 1 fully saturated rings. The fourth-order valence-corrected chi connectivity index (χ4v) is 8.22. The molecule has 1 saturated heterocycles. The van der Waals surface area contributed by atoms with Crippen LogP contribution in [0.25, 0.3) is 10.9 Å². The molecule has 0 aliphatic carbocycles. The summed E-state index contributed by atoms with van der Waals surface area (Å²) >= 11 is 0. The van der Waals surface area contributed by atoms with Gasteiger partial charge in [0.1, 0.15) is 42.3 Å². The number of nitrogens with one attached hydrogen (secondary N) is 13. The van der Waals surface area contributed by atoms with Gasteiger partial charge in [-0.3, -0.25) is 54.0 Å². The van der Waals surface area contributed by atoms with E-state index in [0.717, 1.165) is 10.9 Å². The summed E-state index contributed by atoms with van der Waals surface area (Å²) in [5.74, 6) is -8.31. The molecule has 0 bridgehead atoms. The van der Waals surface area contributed by atoms with Gasteiger partial charge in [0.05, 0.1) is 6.42 Å². The van der Waals surface area contributed by atoms with Crippen LogP contribution in [0.15, 0.2) is 60.8 Å². The van der Waals surface area contributed by atoms with Crippen LogP contribution in [0.5, 0.6) is 0 Å². The van der Waals surface area contributed by atoms with E-state index in [1.165, 1.54) is 6.92 Å². The van der Waals surface area contributed by atoms with Crippen molar-refractivity contribution in [1.29, 1.82) is 10.8 Å². The van der Waals surface area contributed by atoms with Crippen molar-refractivity contribution in [2.75, 3.05) is 19.6 Å². The van der Waals surface area contributed by atoms with Crippen molar-refractivity contribution < 1.29 is 43.2 Å². The molecule has 1 aromatic heterocycles. The molecule has 2 heterocycles. The minimum absolute atomic E-state index is 0.0283. The number of benzene rings is 2. The van der Waals surface area contributed by atoms with E-state index in [2.05, 4.69) is 58.2 Å². The Morgan fingerprint density at radius 2 is 1.32 bits per heavy atom. The second-order valence-electron chi connectivity index (χ2n) is 18.5. The molecule has 7 atom stereocenters. The average molecular weight is 1030 g/mol. The highest BCUT2D eigenvalue weighted by atomic mass is 16.2. The molecule has 19 N–H and O–H groups in total. The van der Waals surface area contributed by atoms with E-state index >= 15 is 0 Å². The number of para-hydroxylation sites is 1. The largest absolute Gasteiger partial charge is 0.370 e. The maximum Gasteiger partial charge on any atom is 0.243 e. The molecular weight excluding hydrogens is 957 g/mol. The third-order valence-corrected chi connectivity index (χ3v) is 12.1. The molecule has 25 nitrogen and oxygen atoms in total. The number of carbonyl (C=O) groups is 9. The molecule has 9 amide bonds. The topological polar surface area (TPSA) is 415 Å². The van der Waals surface area contributed by atoms with Crippen LogP contribution in [0.1, 0.15) is 83.3 Å². The first kappa shape index (κ1) is 58.3. The molecule has 3 aromatic rings. The van der Waals surface area contributed by atoms with Crippen LogP contribution in [0, 0.1) is 16.7 Å². The van der Waals surface area contributed by atoms with E-state index in [-0.39, 0.29) is 89.3 Å². The highest BCUT2D eigenvalue weighted by Gasteiger charge is 2.36. The molecule has 0 spiro atoms. The molecule has 0 saturated carbocycles. The summed E-state index contributed by atoms with van der Waals surface area (Å²) in [4.78, 5) is 128. The highest BCUT2D eigenvalue weighted by molar-refractivity contribution is 5.99. The summed E-state index contributed by atoms with van der Waals surface area (Å²) in [6.45, 7) is 4.80. The molecular formula is C49H72N16O9. The number of rotatable bonds is 17. The van der Waals surface area contributed by atoms with Crippen molar-refractivity contribution in [1.82, 2.24) is 58.2 Å². The lowest BCUT2D eigenvalue weighted by molar-refractivity contribution is -0.137. The lowest BCUT2D eigenvalue weighted by Crippen LogP contribution is -2.61. The summed E-state index contributed by atoms with van der Waals surface area (Å²) in [7, 11) is 0. The van der Waals surface area contributed by atoms with Gasteiger partial charge in [0.2, 0.25) is 53.2 Å². The van der Waals surface area contributed by atoms with Crippen LogP contribution in [0.3, 0.4) is 0 Å². The van der Waals surface area contributed by atoms with Gasteiger partial charge in [0.15, 0.2) is 11.9 Å². The van der Waals surface area contributed by atoms with E-state index in [0.29, 0.717) is 11.1 Å².